The summed E-state index contributed by atoms with van der Waals surface area (Å²) in [6, 6.07) is 8.96. The molecule has 0 radical (unpaired) electrons. The smallest absolute Gasteiger partial charge is 0.261 e. The molecule has 5 heteroatoms. The number of nitrogens with two attached hydrogens (primary N) is 1. The van der Waals surface area contributed by atoms with E-state index in [0.717, 1.165) is 5.56 Å². The number of rotatable bonds is 5. The van der Waals surface area contributed by atoms with Gasteiger partial charge in [0.15, 0.2) is 6.10 Å². The average molecular weight is 274 g/mol. The Balaban J connectivity index is 1.92. The highest BCUT2D eigenvalue weighted by atomic mass is 16.5. The number of nitrogens with one attached hydrogen (secondary N) is 1. The molecule has 20 heavy (non-hydrogen) atoms. The van der Waals surface area contributed by atoms with Gasteiger partial charge in [0.2, 0.25) is 0 Å². The monoisotopic (exact) mass is 274 g/mol. The number of furan rings is 1. The Morgan fingerprint density at radius 2 is 2.20 bits per heavy atom. The van der Waals surface area contributed by atoms with E-state index in [1.807, 2.05) is 6.92 Å². The molecule has 3 N–H and O–H groups in total. The Morgan fingerprint density at radius 1 is 1.40 bits per heavy atom. The third-order valence-corrected chi connectivity index (χ3v) is 3.02. The standard InChI is InChI=1S/C15H18N2O3/c1-10-13(16)6-3-7-14(10)20-11(2)15(18)17-9-12-5-4-8-19-12/h3-8,11H,9,16H2,1-2H3,(H,17,18). The highest BCUT2D eigenvalue weighted by Gasteiger charge is 2.16. The second kappa shape index (κ2) is 6.14. The zero-order chi connectivity index (χ0) is 14.5. The fourth-order valence-electron chi connectivity index (χ4n) is 1.73. The van der Waals surface area contributed by atoms with Crippen molar-refractivity contribution >= 4 is 11.6 Å². The summed E-state index contributed by atoms with van der Waals surface area (Å²) in [5.74, 6) is 1.11. The average Bonchev–Trinajstić information content (AvgIpc) is 2.94. The van der Waals surface area contributed by atoms with Crippen LogP contribution in [0, 0.1) is 6.92 Å². The van der Waals surface area contributed by atoms with E-state index in [0.29, 0.717) is 23.7 Å². The van der Waals surface area contributed by atoms with Crippen LogP contribution in [-0.2, 0) is 11.3 Å². The third kappa shape index (κ3) is 3.32. The Morgan fingerprint density at radius 3 is 2.90 bits per heavy atom. The number of nitrogen functional groups attached to an aromatic ring is 1. The van der Waals surface area contributed by atoms with Crippen molar-refractivity contribution < 1.29 is 13.9 Å². The van der Waals surface area contributed by atoms with Crippen molar-refractivity contribution in [3.05, 3.63) is 47.9 Å². The number of carbonyl (C=O) groups excluding carboxylic acids is 1. The molecular weight excluding hydrogens is 256 g/mol. The fourth-order valence-corrected chi connectivity index (χ4v) is 1.73. The molecule has 0 bridgehead atoms. The molecule has 0 aliphatic rings. The van der Waals surface area contributed by atoms with Gasteiger partial charge in [-0.25, -0.2) is 0 Å². The van der Waals surface area contributed by atoms with Crippen molar-refractivity contribution in [2.45, 2.75) is 26.5 Å². The summed E-state index contributed by atoms with van der Waals surface area (Å²) in [6.45, 7) is 3.90. The van der Waals surface area contributed by atoms with E-state index in [1.54, 1.807) is 43.5 Å². The van der Waals surface area contributed by atoms with Crippen LogP contribution in [0.1, 0.15) is 18.2 Å². The minimum absolute atomic E-state index is 0.205. The Hall–Kier alpha value is -2.43. The number of amides is 1. The molecular formula is C15H18N2O3. The second-order valence-electron chi connectivity index (χ2n) is 4.53. The molecule has 0 saturated heterocycles. The first-order valence-corrected chi connectivity index (χ1v) is 6.39. The molecule has 5 nitrogen and oxygen atoms in total. The molecule has 0 aliphatic heterocycles. The molecule has 0 aliphatic carbocycles. The Bertz CT molecular complexity index is 579. The van der Waals surface area contributed by atoms with Gasteiger partial charge < -0.3 is 20.2 Å². The molecule has 2 rings (SSSR count). The van der Waals surface area contributed by atoms with Crippen molar-refractivity contribution in [1.29, 1.82) is 0 Å². The summed E-state index contributed by atoms with van der Waals surface area (Å²) in [4.78, 5) is 11.9. The maximum atomic E-state index is 11.9. The van der Waals surface area contributed by atoms with Crippen LogP contribution < -0.4 is 15.8 Å². The molecule has 1 aromatic heterocycles. The highest BCUT2D eigenvalue weighted by Crippen LogP contribution is 2.23. The topological polar surface area (TPSA) is 77.5 Å². The summed E-state index contributed by atoms with van der Waals surface area (Å²) >= 11 is 0. The van der Waals surface area contributed by atoms with Crippen molar-refractivity contribution in [2.24, 2.45) is 0 Å². The number of anilines is 1. The second-order valence-corrected chi connectivity index (χ2v) is 4.53. The first kappa shape index (κ1) is 14.0. The molecule has 1 amide bonds. The largest absolute Gasteiger partial charge is 0.481 e. The predicted molar refractivity (Wildman–Crippen MR) is 76.2 cm³/mol. The highest BCUT2D eigenvalue weighted by molar-refractivity contribution is 5.80. The van der Waals surface area contributed by atoms with Gasteiger partial charge in [-0.1, -0.05) is 6.07 Å². The van der Waals surface area contributed by atoms with Crippen LogP contribution in [0.3, 0.4) is 0 Å². The molecule has 0 spiro atoms. The lowest BCUT2D eigenvalue weighted by Crippen LogP contribution is -2.36. The zero-order valence-electron chi connectivity index (χ0n) is 11.6. The van der Waals surface area contributed by atoms with Crippen LogP contribution >= 0.6 is 0 Å². The van der Waals surface area contributed by atoms with Gasteiger partial charge in [0.05, 0.1) is 12.8 Å². The van der Waals surface area contributed by atoms with E-state index in [-0.39, 0.29) is 5.91 Å². The van der Waals surface area contributed by atoms with Crippen molar-refractivity contribution in [3.8, 4) is 5.75 Å². The van der Waals surface area contributed by atoms with Gasteiger partial charge in [0, 0.05) is 11.3 Å². The minimum Gasteiger partial charge on any atom is -0.481 e. The van der Waals surface area contributed by atoms with E-state index >= 15 is 0 Å². The van der Waals surface area contributed by atoms with E-state index in [2.05, 4.69) is 5.32 Å². The van der Waals surface area contributed by atoms with E-state index in [4.69, 9.17) is 14.9 Å². The summed E-state index contributed by atoms with van der Waals surface area (Å²) < 4.78 is 10.8. The van der Waals surface area contributed by atoms with Crippen LogP contribution in [0.2, 0.25) is 0 Å². The van der Waals surface area contributed by atoms with Gasteiger partial charge in [-0.3, -0.25) is 4.79 Å². The SMILES string of the molecule is Cc1c(N)cccc1OC(C)C(=O)NCc1ccco1. The summed E-state index contributed by atoms with van der Waals surface area (Å²) in [5, 5.41) is 2.75. The molecule has 0 fully saturated rings. The number of hydrogen-bond donors (Lipinski definition) is 2. The van der Waals surface area contributed by atoms with Crippen LogP contribution in [0.15, 0.2) is 41.0 Å². The van der Waals surface area contributed by atoms with Gasteiger partial charge >= 0.3 is 0 Å². The molecule has 2 aromatic rings. The Labute approximate surface area is 117 Å². The van der Waals surface area contributed by atoms with Gasteiger partial charge in [0.1, 0.15) is 11.5 Å². The normalized spacial score (nSPS) is 11.9. The molecule has 1 aromatic carbocycles. The van der Waals surface area contributed by atoms with Crippen molar-refractivity contribution in [3.63, 3.8) is 0 Å². The van der Waals surface area contributed by atoms with Gasteiger partial charge in [-0.05, 0) is 38.1 Å². The maximum Gasteiger partial charge on any atom is 0.261 e. The van der Waals surface area contributed by atoms with Crippen molar-refractivity contribution in [1.82, 2.24) is 5.32 Å². The lowest BCUT2D eigenvalue weighted by Gasteiger charge is -2.16. The van der Waals surface area contributed by atoms with Crippen LogP contribution in [-0.4, -0.2) is 12.0 Å². The first-order valence-electron chi connectivity index (χ1n) is 6.39. The van der Waals surface area contributed by atoms with Gasteiger partial charge in [-0.15, -0.1) is 0 Å². The minimum atomic E-state index is -0.606. The molecule has 0 saturated carbocycles. The number of ether oxygens (including phenoxy) is 1. The molecule has 1 heterocycles. The summed E-state index contributed by atoms with van der Waals surface area (Å²) in [6.07, 6.45) is 0.961. The van der Waals surface area contributed by atoms with Crippen LogP contribution in [0.5, 0.6) is 5.75 Å². The van der Waals surface area contributed by atoms with Crippen molar-refractivity contribution in [2.75, 3.05) is 5.73 Å². The van der Waals surface area contributed by atoms with E-state index < -0.39 is 6.10 Å². The first-order chi connectivity index (χ1) is 9.58. The molecule has 106 valence electrons. The molecule has 1 atom stereocenters. The van der Waals surface area contributed by atoms with E-state index in [9.17, 15) is 4.79 Å². The Kier molecular flexibility index (Phi) is 4.30. The maximum absolute atomic E-state index is 11.9. The van der Waals surface area contributed by atoms with Crippen LogP contribution in [0.25, 0.3) is 0 Å². The van der Waals surface area contributed by atoms with Gasteiger partial charge in [-0.2, -0.15) is 0 Å². The van der Waals surface area contributed by atoms with E-state index in [1.165, 1.54) is 0 Å². The third-order valence-electron chi connectivity index (χ3n) is 3.02. The number of carbonyl (C=O) groups is 1. The number of benzene rings is 1. The van der Waals surface area contributed by atoms with Crippen LogP contribution in [0.4, 0.5) is 5.69 Å². The summed E-state index contributed by atoms with van der Waals surface area (Å²) in [5.41, 5.74) is 7.28. The fraction of sp³-hybridized carbons (Fsp3) is 0.267. The number of hydrogen-bond acceptors (Lipinski definition) is 4. The van der Waals surface area contributed by atoms with Gasteiger partial charge in [0.25, 0.3) is 5.91 Å². The lowest BCUT2D eigenvalue weighted by atomic mass is 10.2. The predicted octanol–water partition coefficient (Wildman–Crippen LogP) is 2.25. The molecule has 1 unspecified atom stereocenters. The summed E-state index contributed by atoms with van der Waals surface area (Å²) in [7, 11) is 0. The lowest BCUT2D eigenvalue weighted by molar-refractivity contribution is -0.127. The quantitative estimate of drug-likeness (QED) is 0.820. The zero-order valence-corrected chi connectivity index (χ0v) is 11.6.